The lowest BCUT2D eigenvalue weighted by Crippen LogP contribution is -2.07. The predicted molar refractivity (Wildman–Crippen MR) is 92.6 cm³/mol. The summed E-state index contributed by atoms with van der Waals surface area (Å²) in [4.78, 5) is 22.0. The molecule has 0 atom stereocenters. The summed E-state index contributed by atoms with van der Waals surface area (Å²) in [7, 11) is 0. The molecule has 0 saturated heterocycles. The average Bonchev–Trinajstić information content (AvgIpc) is 2.43. The molecule has 0 fully saturated rings. The second-order valence-electron chi connectivity index (χ2n) is 6.30. The van der Waals surface area contributed by atoms with E-state index in [0.29, 0.717) is 6.42 Å². The van der Waals surface area contributed by atoms with Gasteiger partial charge in [0.1, 0.15) is 0 Å². The lowest BCUT2D eigenvalue weighted by Gasteiger charge is -2.15. The molecular weight excluding hydrogens is 304 g/mol. The van der Waals surface area contributed by atoms with Crippen LogP contribution in [0.25, 0.3) is 0 Å². The Bertz CT molecular complexity index is 767. The van der Waals surface area contributed by atoms with Crippen LogP contribution in [0.2, 0.25) is 0 Å². The maximum atomic E-state index is 11.1. The molecule has 4 heteroatoms. The molecule has 0 heterocycles. The highest BCUT2D eigenvalue weighted by atomic mass is 16.4. The Morgan fingerprint density at radius 3 is 1.96 bits per heavy atom. The highest BCUT2D eigenvalue weighted by Gasteiger charge is 2.12. The third kappa shape index (κ3) is 4.44. The number of benzene rings is 2. The average molecular weight is 326 g/mol. The third-order valence-electron chi connectivity index (χ3n) is 4.18. The number of carbonyl (C=O) groups is 2. The largest absolute Gasteiger partial charge is 0.481 e. The van der Waals surface area contributed by atoms with E-state index in [9.17, 15) is 9.59 Å². The maximum absolute atomic E-state index is 11.1. The number of aryl methyl sites for hydroxylation is 3. The highest BCUT2D eigenvalue weighted by molar-refractivity contribution is 5.71. The Morgan fingerprint density at radius 2 is 1.42 bits per heavy atom. The molecule has 0 aromatic heterocycles. The summed E-state index contributed by atoms with van der Waals surface area (Å²) in [6.07, 6.45) is 0.664. The Kier molecular flexibility index (Phi) is 5.39. The maximum Gasteiger partial charge on any atom is 0.307 e. The standard InChI is InChI=1S/C20H22O4/c1-12-4-5-16(17(6-12)11-20(23)24)10-18-13(2)7-15(8-14(18)3)9-19(21)22/h4-8H,9-11H2,1-3H3,(H,21,22)(H,23,24). The molecule has 126 valence electrons. The van der Waals surface area contributed by atoms with Crippen LogP contribution in [0.3, 0.4) is 0 Å². The van der Waals surface area contributed by atoms with Crippen molar-refractivity contribution in [3.8, 4) is 0 Å². The summed E-state index contributed by atoms with van der Waals surface area (Å²) in [5, 5.41) is 18.1. The van der Waals surface area contributed by atoms with E-state index in [1.807, 2.05) is 51.1 Å². The van der Waals surface area contributed by atoms with Crippen LogP contribution in [0.5, 0.6) is 0 Å². The normalized spacial score (nSPS) is 10.6. The molecule has 0 unspecified atom stereocenters. The first-order chi connectivity index (χ1) is 11.3. The zero-order chi connectivity index (χ0) is 17.9. The van der Waals surface area contributed by atoms with Gasteiger partial charge in [-0.1, -0.05) is 35.9 Å². The third-order valence-corrected chi connectivity index (χ3v) is 4.18. The molecule has 0 amide bonds. The van der Waals surface area contributed by atoms with Crippen molar-refractivity contribution in [3.63, 3.8) is 0 Å². The van der Waals surface area contributed by atoms with Gasteiger partial charge in [-0.05, 0) is 60.6 Å². The Balaban J connectivity index is 2.38. The molecule has 2 rings (SSSR count). The monoisotopic (exact) mass is 326 g/mol. The van der Waals surface area contributed by atoms with E-state index in [4.69, 9.17) is 10.2 Å². The van der Waals surface area contributed by atoms with Crippen LogP contribution in [0.1, 0.15) is 38.9 Å². The van der Waals surface area contributed by atoms with Crippen LogP contribution in [-0.2, 0) is 28.9 Å². The fourth-order valence-electron chi connectivity index (χ4n) is 3.08. The Labute approximate surface area is 141 Å². The van der Waals surface area contributed by atoms with E-state index >= 15 is 0 Å². The molecule has 24 heavy (non-hydrogen) atoms. The topological polar surface area (TPSA) is 74.6 Å². The lowest BCUT2D eigenvalue weighted by atomic mass is 9.90. The highest BCUT2D eigenvalue weighted by Crippen LogP contribution is 2.23. The van der Waals surface area contributed by atoms with Gasteiger partial charge in [-0.15, -0.1) is 0 Å². The molecule has 2 N–H and O–H groups in total. The fourth-order valence-corrected chi connectivity index (χ4v) is 3.08. The van der Waals surface area contributed by atoms with Gasteiger partial charge in [-0.25, -0.2) is 0 Å². The van der Waals surface area contributed by atoms with Crippen molar-refractivity contribution in [1.29, 1.82) is 0 Å². The van der Waals surface area contributed by atoms with Crippen LogP contribution >= 0.6 is 0 Å². The molecular formula is C20H22O4. The van der Waals surface area contributed by atoms with Gasteiger partial charge in [0.05, 0.1) is 12.8 Å². The molecule has 2 aromatic carbocycles. The van der Waals surface area contributed by atoms with Crippen molar-refractivity contribution in [2.24, 2.45) is 0 Å². The minimum atomic E-state index is -0.844. The first kappa shape index (κ1) is 17.7. The second kappa shape index (κ2) is 7.30. The number of carboxylic acids is 2. The molecule has 0 aliphatic rings. The van der Waals surface area contributed by atoms with Crippen molar-refractivity contribution >= 4 is 11.9 Å². The van der Waals surface area contributed by atoms with Crippen LogP contribution in [-0.4, -0.2) is 22.2 Å². The minimum Gasteiger partial charge on any atom is -0.481 e. The van der Waals surface area contributed by atoms with Crippen LogP contribution in [0, 0.1) is 20.8 Å². The van der Waals surface area contributed by atoms with E-state index in [1.54, 1.807) is 0 Å². The predicted octanol–water partition coefficient (Wildman–Crippen LogP) is 3.46. The smallest absolute Gasteiger partial charge is 0.307 e. The van der Waals surface area contributed by atoms with E-state index in [-0.39, 0.29) is 12.8 Å². The SMILES string of the molecule is Cc1ccc(Cc2c(C)cc(CC(=O)O)cc2C)c(CC(=O)O)c1. The minimum absolute atomic E-state index is 0.00616. The fraction of sp³-hybridized carbons (Fsp3) is 0.300. The molecule has 0 bridgehead atoms. The molecule has 0 aliphatic carbocycles. The zero-order valence-electron chi connectivity index (χ0n) is 14.2. The Morgan fingerprint density at radius 1 is 0.833 bits per heavy atom. The van der Waals surface area contributed by atoms with E-state index in [0.717, 1.165) is 38.9 Å². The van der Waals surface area contributed by atoms with Crippen molar-refractivity contribution in [3.05, 3.63) is 69.3 Å². The summed E-state index contributed by atoms with van der Waals surface area (Å²) in [5.41, 5.74) is 6.85. The van der Waals surface area contributed by atoms with Crippen molar-refractivity contribution in [2.75, 3.05) is 0 Å². The van der Waals surface area contributed by atoms with Gasteiger partial charge in [0.15, 0.2) is 0 Å². The van der Waals surface area contributed by atoms with Crippen molar-refractivity contribution in [1.82, 2.24) is 0 Å². The molecule has 0 aliphatic heterocycles. The lowest BCUT2D eigenvalue weighted by molar-refractivity contribution is -0.137. The molecule has 4 nitrogen and oxygen atoms in total. The number of carboxylic acid groups (broad SMARTS) is 2. The van der Waals surface area contributed by atoms with Gasteiger partial charge in [0.25, 0.3) is 0 Å². The summed E-state index contributed by atoms with van der Waals surface area (Å²) >= 11 is 0. The van der Waals surface area contributed by atoms with Gasteiger partial charge in [-0.3, -0.25) is 9.59 Å². The molecule has 0 saturated carbocycles. The summed E-state index contributed by atoms with van der Waals surface area (Å²) in [6, 6.07) is 9.71. The first-order valence-electron chi connectivity index (χ1n) is 7.87. The number of rotatable bonds is 6. The summed E-state index contributed by atoms with van der Waals surface area (Å²) in [6.45, 7) is 5.89. The quantitative estimate of drug-likeness (QED) is 0.852. The number of hydrogen-bond donors (Lipinski definition) is 2. The molecule has 2 aromatic rings. The summed E-state index contributed by atoms with van der Waals surface area (Å²) < 4.78 is 0. The van der Waals surface area contributed by atoms with Crippen LogP contribution < -0.4 is 0 Å². The second-order valence-corrected chi connectivity index (χ2v) is 6.30. The van der Waals surface area contributed by atoms with Gasteiger partial charge < -0.3 is 10.2 Å². The van der Waals surface area contributed by atoms with Gasteiger partial charge in [-0.2, -0.15) is 0 Å². The molecule has 0 radical (unpaired) electrons. The van der Waals surface area contributed by atoms with Crippen molar-refractivity contribution in [2.45, 2.75) is 40.0 Å². The number of aliphatic carboxylic acids is 2. The van der Waals surface area contributed by atoms with Crippen LogP contribution in [0.15, 0.2) is 30.3 Å². The van der Waals surface area contributed by atoms with Gasteiger partial charge in [0, 0.05) is 0 Å². The Hall–Kier alpha value is -2.62. The number of hydrogen-bond acceptors (Lipinski definition) is 2. The van der Waals surface area contributed by atoms with Crippen LogP contribution in [0.4, 0.5) is 0 Å². The van der Waals surface area contributed by atoms with E-state index < -0.39 is 11.9 Å². The van der Waals surface area contributed by atoms with Crippen molar-refractivity contribution < 1.29 is 19.8 Å². The zero-order valence-corrected chi connectivity index (χ0v) is 14.2. The van der Waals surface area contributed by atoms with E-state index in [2.05, 4.69) is 0 Å². The van der Waals surface area contributed by atoms with E-state index in [1.165, 1.54) is 0 Å². The van der Waals surface area contributed by atoms with Gasteiger partial charge in [0.2, 0.25) is 0 Å². The van der Waals surface area contributed by atoms with Gasteiger partial charge >= 0.3 is 11.9 Å². The summed E-state index contributed by atoms with van der Waals surface area (Å²) in [5.74, 6) is -1.68. The first-order valence-corrected chi connectivity index (χ1v) is 7.87. The molecule has 0 spiro atoms.